The zero-order valence-electron chi connectivity index (χ0n) is 11.1. The molecule has 0 bridgehead atoms. The van der Waals surface area contributed by atoms with Gasteiger partial charge < -0.3 is 15.5 Å². The smallest absolute Gasteiger partial charge is 0.238 e. The van der Waals surface area contributed by atoms with Gasteiger partial charge in [-0.1, -0.05) is 6.07 Å². The molecule has 1 fully saturated rings. The van der Waals surface area contributed by atoms with Gasteiger partial charge in [0.05, 0.1) is 12.1 Å². The van der Waals surface area contributed by atoms with Gasteiger partial charge in [-0.15, -0.1) is 0 Å². The van der Waals surface area contributed by atoms with Crippen molar-refractivity contribution in [2.45, 2.75) is 30.8 Å². The first kappa shape index (κ1) is 14.0. The fourth-order valence-electron chi connectivity index (χ4n) is 2.05. The minimum absolute atomic E-state index is 0.189. The summed E-state index contributed by atoms with van der Waals surface area (Å²) in [6, 6.07) is 6.82. The number of aromatic nitrogens is 1. The van der Waals surface area contributed by atoms with E-state index in [4.69, 9.17) is 15.4 Å². The molecule has 1 saturated carbocycles. The summed E-state index contributed by atoms with van der Waals surface area (Å²) in [5.74, 6) is 0.0525. The van der Waals surface area contributed by atoms with Crippen LogP contribution in [0.5, 0.6) is 0 Å². The van der Waals surface area contributed by atoms with Crippen molar-refractivity contribution in [3.63, 3.8) is 0 Å². The molecule has 1 amide bonds. The topological polar surface area (TPSA) is 105 Å². The van der Waals surface area contributed by atoms with Crippen molar-refractivity contribution < 1.29 is 9.21 Å². The maximum Gasteiger partial charge on any atom is 0.238 e. The molecule has 108 valence electrons. The molecule has 1 aromatic heterocycles. The van der Waals surface area contributed by atoms with Gasteiger partial charge in [-0.05, 0) is 40.9 Å². The molecule has 1 atom stereocenters. The minimum Gasteiger partial charge on any atom is -0.441 e. The van der Waals surface area contributed by atoms with Crippen LogP contribution in [-0.4, -0.2) is 22.5 Å². The summed E-state index contributed by atoms with van der Waals surface area (Å²) >= 11 is 3.39. The number of nitrogens with two attached hydrogens (primary N) is 1. The summed E-state index contributed by atoms with van der Waals surface area (Å²) < 4.78 is 6.40. The second kappa shape index (κ2) is 5.13. The second-order valence-corrected chi connectivity index (χ2v) is 6.04. The van der Waals surface area contributed by atoms with E-state index in [1.807, 2.05) is 12.1 Å². The quantitative estimate of drug-likeness (QED) is 0.873. The van der Waals surface area contributed by atoms with Crippen LogP contribution < -0.4 is 11.1 Å². The highest BCUT2D eigenvalue weighted by molar-refractivity contribution is 9.10. The minimum atomic E-state index is -0.789. The van der Waals surface area contributed by atoms with Gasteiger partial charge in [0.25, 0.3) is 0 Å². The third kappa shape index (κ3) is 2.77. The fraction of sp³-hybridized carbons (Fsp3) is 0.357. The number of halogens is 1. The maximum atomic E-state index is 12.0. The van der Waals surface area contributed by atoms with Crippen LogP contribution >= 0.6 is 15.9 Å². The van der Waals surface area contributed by atoms with E-state index in [-0.39, 0.29) is 12.3 Å². The second-order valence-electron chi connectivity index (χ2n) is 5.19. The number of benzene rings is 1. The van der Waals surface area contributed by atoms with Crippen molar-refractivity contribution in [1.29, 1.82) is 5.26 Å². The molecule has 1 aliphatic rings. The lowest BCUT2D eigenvalue weighted by atomic mass is 10.2. The van der Waals surface area contributed by atoms with Gasteiger partial charge >= 0.3 is 0 Å². The Bertz CT molecular complexity index is 745. The number of carbonyl (C=O) groups excluding carboxylic acids is 1. The summed E-state index contributed by atoms with van der Waals surface area (Å²) in [4.78, 5) is 16.3. The van der Waals surface area contributed by atoms with Crippen molar-refractivity contribution >= 4 is 32.9 Å². The number of rotatable bonds is 4. The number of para-hydroxylation sites is 1. The van der Waals surface area contributed by atoms with Crippen LogP contribution in [0.15, 0.2) is 27.1 Å². The number of nitrogens with zero attached hydrogens (tertiary/aromatic N) is 2. The van der Waals surface area contributed by atoms with Gasteiger partial charge in [-0.25, -0.2) is 4.98 Å². The van der Waals surface area contributed by atoms with Crippen LogP contribution in [0.2, 0.25) is 0 Å². The number of fused-ring (bicyclic) bond motifs is 1. The van der Waals surface area contributed by atoms with E-state index in [0.29, 0.717) is 29.8 Å². The number of nitrogens with one attached hydrogen (secondary N) is 1. The number of oxazole rings is 1. The van der Waals surface area contributed by atoms with Crippen molar-refractivity contribution in [3.05, 3.63) is 28.6 Å². The summed E-state index contributed by atoms with van der Waals surface area (Å²) in [5, 5.41) is 11.6. The average molecular weight is 349 g/mol. The molecule has 3 N–H and O–H groups in total. The predicted molar refractivity (Wildman–Crippen MR) is 79.1 cm³/mol. The first-order chi connectivity index (χ1) is 10.0. The van der Waals surface area contributed by atoms with Crippen molar-refractivity contribution in [1.82, 2.24) is 10.3 Å². The standard InChI is InChI=1S/C14H13BrN4O2/c15-8-2-1-3-10-12(8)18-11(21-10)6-9(17)13(20)19-14(7-16)4-5-14/h1-3,9H,4-6,17H2,(H,19,20). The van der Waals surface area contributed by atoms with Gasteiger partial charge in [0, 0.05) is 10.9 Å². The molecular weight excluding hydrogens is 336 g/mol. The molecule has 3 rings (SSSR count). The zero-order valence-corrected chi connectivity index (χ0v) is 12.7. The van der Waals surface area contributed by atoms with E-state index >= 15 is 0 Å². The summed E-state index contributed by atoms with van der Waals surface area (Å²) in [6.45, 7) is 0. The molecule has 1 heterocycles. The van der Waals surface area contributed by atoms with Crippen LogP contribution in [0.4, 0.5) is 0 Å². The van der Waals surface area contributed by atoms with Gasteiger partial charge in [-0.3, -0.25) is 4.79 Å². The Morgan fingerprint density at radius 1 is 1.62 bits per heavy atom. The first-order valence-electron chi connectivity index (χ1n) is 6.56. The van der Waals surface area contributed by atoms with Gasteiger partial charge in [-0.2, -0.15) is 5.26 Å². The maximum absolute atomic E-state index is 12.0. The highest BCUT2D eigenvalue weighted by atomic mass is 79.9. The Kier molecular flexibility index (Phi) is 3.43. The van der Waals surface area contributed by atoms with Crippen molar-refractivity contribution in [3.8, 4) is 6.07 Å². The Labute approximate surface area is 129 Å². The summed E-state index contributed by atoms with van der Waals surface area (Å²) in [5.41, 5.74) is 6.50. The van der Waals surface area contributed by atoms with Crippen molar-refractivity contribution in [2.24, 2.45) is 5.73 Å². The van der Waals surface area contributed by atoms with Crippen molar-refractivity contribution in [2.75, 3.05) is 0 Å². The number of amides is 1. The Hall–Kier alpha value is -1.91. The third-order valence-electron chi connectivity index (χ3n) is 3.47. The van der Waals surface area contributed by atoms with E-state index < -0.39 is 11.6 Å². The predicted octanol–water partition coefficient (Wildman–Crippen LogP) is 1.63. The van der Waals surface area contributed by atoms with E-state index in [1.54, 1.807) is 6.07 Å². The SMILES string of the molecule is N#CC1(NC(=O)C(N)Cc2nc3c(Br)cccc3o2)CC1. The van der Waals surface area contributed by atoms with Crippen LogP contribution in [0.3, 0.4) is 0 Å². The van der Waals surface area contributed by atoms with E-state index in [1.165, 1.54) is 0 Å². The molecule has 1 aromatic carbocycles. The third-order valence-corrected chi connectivity index (χ3v) is 4.11. The zero-order chi connectivity index (χ0) is 15.0. The van der Waals surface area contributed by atoms with E-state index in [2.05, 4.69) is 32.3 Å². The number of carbonyl (C=O) groups is 1. The van der Waals surface area contributed by atoms with E-state index in [9.17, 15) is 4.79 Å². The number of hydrogen-bond acceptors (Lipinski definition) is 5. The lowest BCUT2D eigenvalue weighted by molar-refractivity contribution is -0.123. The number of hydrogen-bond donors (Lipinski definition) is 2. The van der Waals surface area contributed by atoms with Gasteiger partial charge in [0.1, 0.15) is 11.1 Å². The highest BCUT2D eigenvalue weighted by Gasteiger charge is 2.45. The monoisotopic (exact) mass is 348 g/mol. The van der Waals surface area contributed by atoms with Gasteiger partial charge in [0.2, 0.25) is 5.91 Å². The van der Waals surface area contributed by atoms with Gasteiger partial charge in [0.15, 0.2) is 11.5 Å². The Balaban J connectivity index is 1.71. The lowest BCUT2D eigenvalue weighted by Gasteiger charge is -2.13. The highest BCUT2D eigenvalue weighted by Crippen LogP contribution is 2.34. The largest absolute Gasteiger partial charge is 0.441 e. The van der Waals surface area contributed by atoms with Crippen LogP contribution in [0, 0.1) is 11.3 Å². The van der Waals surface area contributed by atoms with Crippen LogP contribution in [-0.2, 0) is 11.2 Å². The molecular formula is C14H13BrN4O2. The summed E-state index contributed by atoms with van der Waals surface area (Å²) in [6.07, 6.45) is 1.55. The van der Waals surface area contributed by atoms with Crippen LogP contribution in [0.25, 0.3) is 11.1 Å². The molecule has 0 spiro atoms. The summed E-state index contributed by atoms with van der Waals surface area (Å²) in [7, 11) is 0. The fourth-order valence-corrected chi connectivity index (χ4v) is 2.48. The molecule has 7 heteroatoms. The lowest BCUT2D eigenvalue weighted by Crippen LogP contribution is -2.47. The number of nitriles is 1. The molecule has 2 aromatic rings. The van der Waals surface area contributed by atoms with E-state index in [0.717, 1.165) is 4.47 Å². The average Bonchev–Trinajstić information content (AvgIpc) is 3.10. The molecule has 0 saturated heterocycles. The molecule has 0 radical (unpaired) electrons. The molecule has 6 nitrogen and oxygen atoms in total. The Morgan fingerprint density at radius 2 is 2.38 bits per heavy atom. The molecule has 1 aliphatic carbocycles. The molecule has 21 heavy (non-hydrogen) atoms. The van der Waals surface area contributed by atoms with Crippen LogP contribution in [0.1, 0.15) is 18.7 Å². The molecule has 0 aliphatic heterocycles. The molecule has 1 unspecified atom stereocenters. The normalized spacial score (nSPS) is 17.2. The first-order valence-corrected chi connectivity index (χ1v) is 7.35. The Morgan fingerprint density at radius 3 is 3.00 bits per heavy atom.